The minimum atomic E-state index is -0.0819. The number of amides is 3. The summed E-state index contributed by atoms with van der Waals surface area (Å²) in [6, 6.07) is 7.35. The van der Waals surface area contributed by atoms with E-state index in [0.717, 1.165) is 5.56 Å². The first-order valence-corrected chi connectivity index (χ1v) is 9.60. The second-order valence-electron chi connectivity index (χ2n) is 7.45. The molecule has 1 aromatic carbocycles. The third-order valence-electron chi connectivity index (χ3n) is 4.88. The Hall–Kier alpha value is -2.12. The van der Waals surface area contributed by atoms with Crippen LogP contribution in [0.5, 0.6) is 0 Å². The molecule has 7 heteroatoms. The molecule has 2 saturated heterocycles. The van der Waals surface area contributed by atoms with Crippen LogP contribution < -0.4 is 5.32 Å². The van der Waals surface area contributed by atoms with Crippen LogP contribution in [0.1, 0.15) is 36.7 Å². The van der Waals surface area contributed by atoms with Crippen LogP contribution in [0.15, 0.2) is 24.3 Å². The van der Waals surface area contributed by atoms with E-state index in [9.17, 15) is 9.59 Å². The molecular weight excluding hydrogens is 346 g/mol. The van der Waals surface area contributed by atoms with Gasteiger partial charge >= 0.3 is 6.03 Å². The van der Waals surface area contributed by atoms with Crippen LogP contribution in [0.25, 0.3) is 0 Å². The van der Waals surface area contributed by atoms with Gasteiger partial charge < -0.3 is 24.6 Å². The fourth-order valence-electron chi connectivity index (χ4n) is 3.58. The number of carbonyl (C=O) groups is 2. The molecule has 27 heavy (non-hydrogen) atoms. The number of nitrogens with zero attached hydrogens (tertiary/aromatic N) is 2. The minimum Gasteiger partial charge on any atom is -0.375 e. The third kappa shape index (κ3) is 5.20. The van der Waals surface area contributed by atoms with Crippen molar-refractivity contribution in [3.8, 4) is 0 Å². The van der Waals surface area contributed by atoms with Crippen molar-refractivity contribution < 1.29 is 19.1 Å². The van der Waals surface area contributed by atoms with E-state index in [1.54, 1.807) is 4.90 Å². The molecular formula is C20H29N3O4. The van der Waals surface area contributed by atoms with Gasteiger partial charge in [0.05, 0.1) is 24.9 Å². The van der Waals surface area contributed by atoms with Gasteiger partial charge in [0.2, 0.25) is 0 Å². The first-order chi connectivity index (χ1) is 12.9. The number of urea groups is 1. The van der Waals surface area contributed by atoms with Gasteiger partial charge in [-0.2, -0.15) is 0 Å². The molecule has 0 aromatic heterocycles. The van der Waals surface area contributed by atoms with Gasteiger partial charge in [0.15, 0.2) is 0 Å². The Balaban J connectivity index is 1.52. The van der Waals surface area contributed by atoms with E-state index in [4.69, 9.17) is 9.47 Å². The number of rotatable bonds is 3. The molecule has 148 valence electrons. The lowest BCUT2D eigenvalue weighted by molar-refractivity contribution is -0.0586. The molecule has 2 heterocycles. The van der Waals surface area contributed by atoms with Crippen molar-refractivity contribution in [3.05, 3.63) is 35.4 Å². The van der Waals surface area contributed by atoms with Gasteiger partial charge in [-0.3, -0.25) is 4.79 Å². The average molecular weight is 375 g/mol. The lowest BCUT2D eigenvalue weighted by Crippen LogP contribution is -2.48. The molecule has 0 spiro atoms. The van der Waals surface area contributed by atoms with Crippen LogP contribution >= 0.6 is 0 Å². The number of nitrogens with one attached hydrogen (secondary N) is 1. The van der Waals surface area contributed by atoms with Gasteiger partial charge in [0.1, 0.15) is 0 Å². The van der Waals surface area contributed by atoms with Gasteiger partial charge in [-0.05, 0) is 38.5 Å². The molecule has 0 aliphatic carbocycles. The number of benzene rings is 1. The molecule has 0 bridgehead atoms. The van der Waals surface area contributed by atoms with E-state index in [1.165, 1.54) is 0 Å². The van der Waals surface area contributed by atoms with Crippen molar-refractivity contribution in [1.29, 1.82) is 0 Å². The van der Waals surface area contributed by atoms with Crippen molar-refractivity contribution >= 4 is 11.9 Å². The van der Waals surface area contributed by atoms with Crippen molar-refractivity contribution in [2.24, 2.45) is 0 Å². The predicted molar refractivity (Wildman–Crippen MR) is 102 cm³/mol. The van der Waals surface area contributed by atoms with Crippen LogP contribution in [-0.4, -0.2) is 72.8 Å². The molecule has 0 saturated carbocycles. The molecule has 1 aromatic rings. The van der Waals surface area contributed by atoms with Crippen LogP contribution in [0.2, 0.25) is 0 Å². The van der Waals surface area contributed by atoms with E-state index in [1.807, 2.05) is 49.9 Å². The Morgan fingerprint density at radius 1 is 1.00 bits per heavy atom. The number of morpholine rings is 2. The smallest absolute Gasteiger partial charge is 0.317 e. The van der Waals surface area contributed by atoms with Crippen molar-refractivity contribution in [1.82, 2.24) is 15.1 Å². The summed E-state index contributed by atoms with van der Waals surface area (Å²) in [6.07, 6.45) is 0.172. The topological polar surface area (TPSA) is 71.1 Å². The Morgan fingerprint density at radius 2 is 1.63 bits per heavy atom. The molecule has 2 fully saturated rings. The molecule has 1 N–H and O–H groups in total. The largest absolute Gasteiger partial charge is 0.375 e. The fourth-order valence-corrected chi connectivity index (χ4v) is 3.58. The van der Waals surface area contributed by atoms with Crippen molar-refractivity contribution in [2.45, 2.75) is 45.6 Å². The van der Waals surface area contributed by atoms with Crippen molar-refractivity contribution in [2.75, 3.05) is 32.8 Å². The summed E-state index contributed by atoms with van der Waals surface area (Å²) < 4.78 is 11.1. The zero-order valence-corrected chi connectivity index (χ0v) is 16.3. The van der Waals surface area contributed by atoms with E-state index >= 15 is 0 Å². The highest BCUT2D eigenvalue weighted by molar-refractivity contribution is 5.94. The fraction of sp³-hybridized carbons (Fsp3) is 0.600. The second kappa shape index (κ2) is 8.71. The lowest BCUT2D eigenvalue weighted by Gasteiger charge is -2.35. The van der Waals surface area contributed by atoms with Crippen LogP contribution in [0, 0.1) is 0 Å². The van der Waals surface area contributed by atoms with E-state index in [2.05, 4.69) is 5.32 Å². The standard InChI is InChI=1S/C20H29N3O4/c1-14-11-22(8-9-26-14)20(25)21-10-17-4-6-18(7-5-17)19(24)23-12-15(2)27-16(3)13-23/h4-7,14-16H,8-13H2,1-3H3,(H,21,25). The lowest BCUT2D eigenvalue weighted by atomic mass is 10.1. The maximum Gasteiger partial charge on any atom is 0.317 e. The van der Waals surface area contributed by atoms with Gasteiger partial charge in [-0.1, -0.05) is 12.1 Å². The SMILES string of the molecule is CC1CN(C(=O)NCc2ccc(C(=O)N3CC(C)OC(C)C3)cc2)CCO1. The van der Waals surface area contributed by atoms with E-state index in [-0.39, 0.29) is 30.3 Å². The minimum absolute atomic E-state index is 0.0230. The first-order valence-electron chi connectivity index (χ1n) is 9.60. The maximum absolute atomic E-state index is 12.7. The van der Waals surface area contributed by atoms with E-state index < -0.39 is 0 Å². The molecule has 0 radical (unpaired) electrons. The predicted octanol–water partition coefficient (Wildman–Crippen LogP) is 1.87. The van der Waals surface area contributed by atoms with E-state index in [0.29, 0.717) is 44.9 Å². The molecule has 3 amide bonds. The monoisotopic (exact) mass is 375 g/mol. The highest BCUT2D eigenvalue weighted by Crippen LogP contribution is 2.15. The van der Waals surface area contributed by atoms with Gasteiger partial charge in [0.25, 0.3) is 5.91 Å². The molecule has 3 rings (SSSR count). The molecule has 3 unspecified atom stereocenters. The highest BCUT2D eigenvalue weighted by Gasteiger charge is 2.26. The summed E-state index contributed by atoms with van der Waals surface area (Å²) in [5, 5.41) is 2.93. The van der Waals surface area contributed by atoms with Crippen LogP contribution in [0.4, 0.5) is 4.79 Å². The average Bonchev–Trinajstić information content (AvgIpc) is 2.65. The Labute approximate surface area is 160 Å². The molecule has 2 aliphatic rings. The van der Waals surface area contributed by atoms with Gasteiger partial charge in [0, 0.05) is 38.3 Å². The summed E-state index contributed by atoms with van der Waals surface area (Å²) in [4.78, 5) is 28.5. The number of hydrogen-bond donors (Lipinski definition) is 1. The zero-order chi connectivity index (χ0) is 19.4. The number of carbonyl (C=O) groups excluding carboxylic acids is 2. The molecule has 3 atom stereocenters. The van der Waals surface area contributed by atoms with Crippen molar-refractivity contribution in [3.63, 3.8) is 0 Å². The number of ether oxygens (including phenoxy) is 2. The summed E-state index contributed by atoms with van der Waals surface area (Å²) in [6.45, 7) is 9.38. The summed E-state index contributed by atoms with van der Waals surface area (Å²) in [5.41, 5.74) is 1.62. The normalized spacial score (nSPS) is 26.0. The summed E-state index contributed by atoms with van der Waals surface area (Å²) in [5.74, 6) is 0.0230. The van der Waals surface area contributed by atoms with Gasteiger partial charge in [-0.25, -0.2) is 4.79 Å². The first kappa shape index (κ1) is 19.6. The summed E-state index contributed by atoms with van der Waals surface area (Å²) in [7, 11) is 0. The van der Waals surface area contributed by atoms with Crippen LogP contribution in [-0.2, 0) is 16.0 Å². The summed E-state index contributed by atoms with van der Waals surface area (Å²) >= 11 is 0. The number of hydrogen-bond acceptors (Lipinski definition) is 4. The highest BCUT2D eigenvalue weighted by atomic mass is 16.5. The molecule has 7 nitrogen and oxygen atoms in total. The van der Waals surface area contributed by atoms with Gasteiger partial charge in [-0.15, -0.1) is 0 Å². The third-order valence-corrected chi connectivity index (χ3v) is 4.88. The zero-order valence-electron chi connectivity index (χ0n) is 16.3. The second-order valence-corrected chi connectivity index (χ2v) is 7.45. The molecule has 2 aliphatic heterocycles. The Morgan fingerprint density at radius 3 is 2.26 bits per heavy atom. The Bertz CT molecular complexity index is 654. The van der Waals surface area contributed by atoms with Crippen LogP contribution in [0.3, 0.4) is 0 Å². The Kier molecular flexibility index (Phi) is 6.34. The maximum atomic E-state index is 12.7. The quantitative estimate of drug-likeness (QED) is 0.876.